The van der Waals surface area contributed by atoms with Crippen molar-refractivity contribution in [1.82, 2.24) is 0 Å². The van der Waals surface area contributed by atoms with Crippen LogP contribution in [-0.4, -0.2) is 49.3 Å². The Morgan fingerprint density at radius 3 is 1.13 bits per heavy atom. The van der Waals surface area contributed by atoms with Crippen LogP contribution in [0, 0.1) is 0 Å². The highest BCUT2D eigenvalue weighted by atomic mass is 31.2. The van der Waals surface area contributed by atoms with Crippen LogP contribution < -0.4 is 5.73 Å². The van der Waals surface area contributed by atoms with Gasteiger partial charge in [-0.05, 0) is 77.0 Å². The summed E-state index contributed by atoms with van der Waals surface area (Å²) in [6.07, 6.45) is 64.4. The Morgan fingerprint density at radius 2 is 0.776 bits per heavy atom. The molecule has 2 atom stereocenters. The highest BCUT2D eigenvalue weighted by molar-refractivity contribution is 7.47. The van der Waals surface area contributed by atoms with Crippen LogP contribution in [0.25, 0.3) is 0 Å². The lowest BCUT2D eigenvalue weighted by molar-refractivity contribution is -0.161. The smallest absolute Gasteiger partial charge is 0.462 e. The molecule has 0 amide bonds. The minimum Gasteiger partial charge on any atom is -0.462 e. The molecule has 392 valence electrons. The summed E-state index contributed by atoms with van der Waals surface area (Å²) in [5.74, 6) is -0.824. The maximum atomic E-state index is 12.7. The summed E-state index contributed by atoms with van der Waals surface area (Å²) >= 11 is 0. The molecular formula is C57H106NO8P. The lowest BCUT2D eigenvalue weighted by Gasteiger charge is -2.19. The molecule has 0 spiro atoms. The number of phosphoric acid groups is 1. The summed E-state index contributed by atoms with van der Waals surface area (Å²) in [5.41, 5.74) is 5.38. The van der Waals surface area contributed by atoms with E-state index in [2.05, 4.69) is 62.5 Å². The molecule has 0 aliphatic heterocycles. The van der Waals surface area contributed by atoms with E-state index in [-0.39, 0.29) is 38.6 Å². The quantitative estimate of drug-likeness (QED) is 0.0264. The van der Waals surface area contributed by atoms with E-state index < -0.39 is 26.5 Å². The number of hydrogen-bond donors (Lipinski definition) is 2. The van der Waals surface area contributed by atoms with Crippen LogP contribution in [-0.2, 0) is 32.7 Å². The Balaban J connectivity index is 3.99. The van der Waals surface area contributed by atoms with Crippen molar-refractivity contribution in [3.63, 3.8) is 0 Å². The minimum absolute atomic E-state index is 0.0524. The monoisotopic (exact) mass is 964 g/mol. The maximum absolute atomic E-state index is 12.7. The van der Waals surface area contributed by atoms with Gasteiger partial charge >= 0.3 is 19.8 Å². The molecule has 0 aliphatic rings. The molecule has 0 aromatic heterocycles. The zero-order chi connectivity index (χ0) is 48.8. The zero-order valence-electron chi connectivity index (χ0n) is 43.6. The second kappa shape index (κ2) is 53.3. The molecule has 67 heavy (non-hydrogen) atoms. The number of allylic oxidation sites excluding steroid dienone is 8. The third kappa shape index (κ3) is 53.2. The van der Waals surface area contributed by atoms with Gasteiger partial charge in [0.2, 0.25) is 0 Å². The fourth-order valence-electron chi connectivity index (χ4n) is 7.99. The first-order valence-electron chi connectivity index (χ1n) is 28.1. The summed E-state index contributed by atoms with van der Waals surface area (Å²) < 4.78 is 33.0. The van der Waals surface area contributed by atoms with Crippen LogP contribution in [0.5, 0.6) is 0 Å². The Bertz CT molecular complexity index is 1240. The van der Waals surface area contributed by atoms with Gasteiger partial charge in [0.1, 0.15) is 6.61 Å². The molecule has 0 bridgehead atoms. The van der Waals surface area contributed by atoms with Gasteiger partial charge in [-0.3, -0.25) is 18.6 Å². The van der Waals surface area contributed by atoms with Gasteiger partial charge in [0.15, 0.2) is 6.10 Å². The summed E-state index contributed by atoms with van der Waals surface area (Å²) in [4.78, 5) is 35.2. The van der Waals surface area contributed by atoms with Crippen LogP contribution in [0.3, 0.4) is 0 Å². The van der Waals surface area contributed by atoms with Crippen molar-refractivity contribution >= 4 is 19.8 Å². The van der Waals surface area contributed by atoms with E-state index in [0.29, 0.717) is 6.42 Å². The first-order chi connectivity index (χ1) is 32.8. The van der Waals surface area contributed by atoms with Crippen molar-refractivity contribution in [1.29, 1.82) is 0 Å². The van der Waals surface area contributed by atoms with Crippen molar-refractivity contribution in [3.05, 3.63) is 48.6 Å². The average Bonchev–Trinajstić information content (AvgIpc) is 3.32. The number of nitrogens with two attached hydrogens (primary N) is 1. The predicted molar refractivity (Wildman–Crippen MR) is 284 cm³/mol. The number of unbranched alkanes of at least 4 members (excludes halogenated alkanes) is 32. The maximum Gasteiger partial charge on any atom is 0.472 e. The average molecular weight is 964 g/mol. The van der Waals surface area contributed by atoms with E-state index in [1.807, 2.05) is 0 Å². The van der Waals surface area contributed by atoms with Gasteiger partial charge in [0.25, 0.3) is 0 Å². The molecule has 0 aromatic carbocycles. The predicted octanol–water partition coefficient (Wildman–Crippen LogP) is 17.4. The zero-order valence-corrected chi connectivity index (χ0v) is 44.5. The molecule has 0 heterocycles. The molecule has 0 saturated heterocycles. The Morgan fingerprint density at radius 1 is 0.448 bits per heavy atom. The summed E-state index contributed by atoms with van der Waals surface area (Å²) in [5, 5.41) is 0. The number of ether oxygens (including phenoxy) is 2. The van der Waals surface area contributed by atoms with Gasteiger partial charge in [-0.25, -0.2) is 4.57 Å². The molecule has 0 aromatic rings. The molecule has 10 heteroatoms. The van der Waals surface area contributed by atoms with E-state index in [9.17, 15) is 19.0 Å². The van der Waals surface area contributed by atoms with Gasteiger partial charge in [-0.1, -0.05) is 229 Å². The van der Waals surface area contributed by atoms with Gasteiger partial charge in [-0.15, -0.1) is 0 Å². The number of carbonyl (C=O) groups is 2. The van der Waals surface area contributed by atoms with Crippen LogP contribution in [0.2, 0.25) is 0 Å². The standard InChI is InChI=1S/C57H106NO8P/c1-3-5-7-9-11-13-15-17-19-21-23-25-27-29-31-33-35-37-39-41-43-45-47-49-56(59)63-53-55(54-65-67(61,62)64-52-51-58)66-57(60)50-48-46-44-42-40-38-36-34-32-30-28-26-24-22-20-18-16-14-12-10-8-6-4-2/h15-18,21-24,55H,3-14,19-20,25-54,58H2,1-2H3,(H,61,62)/b17-15-,18-16-,23-21-,24-22-. The molecule has 3 N–H and O–H groups in total. The van der Waals surface area contributed by atoms with Crippen LogP contribution >= 0.6 is 7.82 Å². The summed E-state index contributed by atoms with van der Waals surface area (Å²) in [7, 11) is -4.39. The number of hydrogen-bond acceptors (Lipinski definition) is 8. The van der Waals surface area contributed by atoms with Crippen LogP contribution in [0.4, 0.5) is 0 Å². The number of rotatable bonds is 53. The minimum atomic E-state index is -4.39. The van der Waals surface area contributed by atoms with Crippen molar-refractivity contribution in [3.8, 4) is 0 Å². The number of phosphoric ester groups is 1. The number of carbonyl (C=O) groups excluding carboxylic acids is 2. The third-order valence-corrected chi connectivity index (χ3v) is 13.2. The van der Waals surface area contributed by atoms with E-state index in [1.165, 1.54) is 186 Å². The Hall–Kier alpha value is -2.03. The topological polar surface area (TPSA) is 134 Å². The van der Waals surface area contributed by atoms with Crippen molar-refractivity contribution in [2.24, 2.45) is 5.73 Å². The SMILES string of the molecule is CCCCCCC/C=C\C/C=C\CCCCCCCCCCCCCC(=O)OCC(COP(=O)(O)OCCN)OC(=O)CCCCCCCCCCCCC/C=C\C/C=C\CCCCCCC. The lowest BCUT2D eigenvalue weighted by Crippen LogP contribution is -2.29. The molecule has 0 saturated carbocycles. The molecular weight excluding hydrogens is 858 g/mol. The van der Waals surface area contributed by atoms with Gasteiger partial charge in [0, 0.05) is 19.4 Å². The second-order valence-electron chi connectivity index (χ2n) is 18.8. The van der Waals surface area contributed by atoms with Crippen LogP contribution in [0.1, 0.15) is 271 Å². The fraction of sp³-hybridized carbons (Fsp3) is 0.825. The molecule has 0 aliphatic carbocycles. The number of esters is 2. The first kappa shape index (κ1) is 65.0. The Kier molecular flexibility index (Phi) is 51.7. The normalized spacial score (nSPS) is 13.4. The summed E-state index contributed by atoms with van der Waals surface area (Å²) in [6.45, 7) is 3.75. The van der Waals surface area contributed by atoms with E-state index in [0.717, 1.165) is 51.4 Å². The molecule has 0 rings (SSSR count). The van der Waals surface area contributed by atoms with Gasteiger partial charge in [-0.2, -0.15) is 0 Å². The van der Waals surface area contributed by atoms with E-state index in [4.69, 9.17) is 24.3 Å². The Labute approximate surface area is 413 Å². The lowest BCUT2D eigenvalue weighted by atomic mass is 10.0. The highest BCUT2D eigenvalue weighted by Crippen LogP contribution is 2.43. The van der Waals surface area contributed by atoms with Crippen LogP contribution in [0.15, 0.2) is 48.6 Å². The van der Waals surface area contributed by atoms with E-state index in [1.54, 1.807) is 0 Å². The van der Waals surface area contributed by atoms with E-state index >= 15 is 0 Å². The molecule has 9 nitrogen and oxygen atoms in total. The molecule has 0 fully saturated rings. The van der Waals surface area contributed by atoms with Crippen molar-refractivity contribution < 1.29 is 37.6 Å². The van der Waals surface area contributed by atoms with Gasteiger partial charge < -0.3 is 20.1 Å². The second-order valence-corrected chi connectivity index (χ2v) is 20.3. The van der Waals surface area contributed by atoms with Gasteiger partial charge in [0.05, 0.1) is 13.2 Å². The largest absolute Gasteiger partial charge is 0.472 e. The van der Waals surface area contributed by atoms with Crippen molar-refractivity contribution in [2.45, 2.75) is 277 Å². The summed E-state index contributed by atoms with van der Waals surface area (Å²) in [6, 6.07) is 0. The molecule has 0 radical (unpaired) electrons. The fourth-order valence-corrected chi connectivity index (χ4v) is 8.76. The highest BCUT2D eigenvalue weighted by Gasteiger charge is 2.26. The third-order valence-electron chi connectivity index (χ3n) is 12.2. The molecule has 2 unspecified atom stereocenters. The first-order valence-corrected chi connectivity index (χ1v) is 29.6. The van der Waals surface area contributed by atoms with Crippen molar-refractivity contribution in [2.75, 3.05) is 26.4 Å².